The summed E-state index contributed by atoms with van der Waals surface area (Å²) in [5.41, 5.74) is 1.13. The summed E-state index contributed by atoms with van der Waals surface area (Å²) < 4.78 is 1.83. The fraction of sp³-hybridized carbons (Fsp3) is 0. The van der Waals surface area contributed by atoms with Crippen molar-refractivity contribution >= 4 is 5.91 Å². The van der Waals surface area contributed by atoms with Crippen molar-refractivity contribution in [2.75, 3.05) is 0 Å². The highest BCUT2D eigenvalue weighted by molar-refractivity contribution is 5.95. The average Bonchev–Trinajstić information content (AvgIpc) is 2.83. The molecule has 1 amide bonds. The molecule has 0 spiro atoms. The molecule has 0 saturated heterocycles. The van der Waals surface area contributed by atoms with Crippen LogP contribution < -0.4 is 5.32 Å². The van der Waals surface area contributed by atoms with Gasteiger partial charge in [-0.2, -0.15) is 5.26 Å². The Morgan fingerprint density at radius 1 is 1.38 bits per heavy atom. The predicted molar refractivity (Wildman–Crippen MR) is 56.6 cm³/mol. The molecule has 0 aromatic carbocycles. The van der Waals surface area contributed by atoms with Crippen LogP contribution in [-0.4, -0.2) is 15.5 Å². The molecule has 0 atom stereocenters. The Labute approximate surface area is 92.0 Å². The first-order valence-corrected chi connectivity index (χ1v) is 4.59. The molecular formula is C11H8N4O. The molecule has 5 heteroatoms. The minimum Gasteiger partial charge on any atom is -0.322 e. The van der Waals surface area contributed by atoms with Crippen LogP contribution in [0.15, 0.2) is 43.0 Å². The standard InChI is InChI=1S/C11H8N4O/c12-8-14-11(16)9-5-10(7-13-6-9)15-3-1-2-4-15/h1-7H,(H,14,16). The predicted octanol–water partition coefficient (Wildman–Crippen LogP) is 1.08. The molecular weight excluding hydrogens is 204 g/mol. The molecule has 0 aliphatic rings. The van der Waals surface area contributed by atoms with Gasteiger partial charge in [0.25, 0.3) is 5.91 Å². The van der Waals surface area contributed by atoms with Gasteiger partial charge in [-0.1, -0.05) is 0 Å². The lowest BCUT2D eigenvalue weighted by Gasteiger charge is -2.03. The zero-order valence-electron chi connectivity index (χ0n) is 8.29. The number of rotatable bonds is 2. The molecule has 2 aromatic rings. The van der Waals surface area contributed by atoms with Crippen molar-refractivity contribution in [3.63, 3.8) is 0 Å². The Morgan fingerprint density at radius 3 is 2.81 bits per heavy atom. The molecule has 5 nitrogen and oxygen atoms in total. The monoisotopic (exact) mass is 212 g/mol. The van der Waals surface area contributed by atoms with Crippen LogP contribution in [0.25, 0.3) is 5.69 Å². The molecule has 0 aliphatic heterocycles. The summed E-state index contributed by atoms with van der Waals surface area (Å²) in [7, 11) is 0. The van der Waals surface area contributed by atoms with Gasteiger partial charge in [-0.3, -0.25) is 15.1 Å². The van der Waals surface area contributed by atoms with E-state index in [1.54, 1.807) is 18.5 Å². The highest BCUT2D eigenvalue weighted by Gasteiger charge is 2.06. The second-order valence-corrected chi connectivity index (χ2v) is 3.09. The van der Waals surface area contributed by atoms with Crippen molar-refractivity contribution in [2.24, 2.45) is 0 Å². The van der Waals surface area contributed by atoms with Crippen LogP contribution in [0.5, 0.6) is 0 Å². The smallest absolute Gasteiger partial charge is 0.265 e. The van der Waals surface area contributed by atoms with Crippen molar-refractivity contribution in [2.45, 2.75) is 0 Å². The lowest BCUT2D eigenvalue weighted by atomic mass is 10.2. The minimum absolute atomic E-state index is 0.354. The van der Waals surface area contributed by atoms with Crippen molar-refractivity contribution in [1.29, 1.82) is 5.26 Å². The van der Waals surface area contributed by atoms with Crippen molar-refractivity contribution in [1.82, 2.24) is 14.9 Å². The molecule has 0 aliphatic carbocycles. The molecule has 16 heavy (non-hydrogen) atoms. The van der Waals surface area contributed by atoms with E-state index in [9.17, 15) is 4.79 Å². The van der Waals surface area contributed by atoms with E-state index in [1.807, 2.05) is 29.1 Å². The Bertz CT molecular complexity index is 539. The zero-order chi connectivity index (χ0) is 11.4. The molecule has 0 saturated carbocycles. The molecule has 0 fully saturated rings. The normalized spacial score (nSPS) is 9.44. The highest BCUT2D eigenvalue weighted by Crippen LogP contribution is 2.08. The van der Waals surface area contributed by atoms with E-state index < -0.39 is 5.91 Å². The van der Waals surface area contributed by atoms with Gasteiger partial charge < -0.3 is 4.57 Å². The van der Waals surface area contributed by atoms with Gasteiger partial charge in [0.1, 0.15) is 0 Å². The minimum atomic E-state index is -0.455. The average molecular weight is 212 g/mol. The summed E-state index contributed by atoms with van der Waals surface area (Å²) in [5.74, 6) is -0.455. The van der Waals surface area contributed by atoms with E-state index in [0.29, 0.717) is 5.56 Å². The van der Waals surface area contributed by atoms with E-state index in [4.69, 9.17) is 5.26 Å². The first kappa shape index (κ1) is 9.93. The Morgan fingerprint density at radius 2 is 2.12 bits per heavy atom. The first-order chi connectivity index (χ1) is 7.81. The van der Waals surface area contributed by atoms with Crippen LogP contribution in [0.3, 0.4) is 0 Å². The van der Waals surface area contributed by atoms with Gasteiger partial charge in [0.15, 0.2) is 6.19 Å². The number of nitriles is 1. The molecule has 0 radical (unpaired) electrons. The van der Waals surface area contributed by atoms with E-state index in [-0.39, 0.29) is 0 Å². The number of carbonyl (C=O) groups excluding carboxylic acids is 1. The maximum atomic E-state index is 11.4. The molecule has 0 bridgehead atoms. The summed E-state index contributed by atoms with van der Waals surface area (Å²) in [6.07, 6.45) is 8.34. The third-order valence-electron chi connectivity index (χ3n) is 2.06. The van der Waals surface area contributed by atoms with Gasteiger partial charge >= 0.3 is 0 Å². The fourth-order valence-electron chi connectivity index (χ4n) is 1.32. The van der Waals surface area contributed by atoms with Crippen LogP contribution in [0, 0.1) is 11.5 Å². The maximum absolute atomic E-state index is 11.4. The largest absolute Gasteiger partial charge is 0.322 e. The van der Waals surface area contributed by atoms with Gasteiger partial charge in [0.2, 0.25) is 0 Å². The molecule has 2 rings (SSSR count). The van der Waals surface area contributed by atoms with E-state index >= 15 is 0 Å². The maximum Gasteiger partial charge on any atom is 0.265 e. The van der Waals surface area contributed by atoms with Crippen LogP contribution in [0.4, 0.5) is 0 Å². The SMILES string of the molecule is N#CNC(=O)c1cncc(-n2cccc2)c1. The van der Waals surface area contributed by atoms with Crippen LogP contribution in [0.2, 0.25) is 0 Å². The Hall–Kier alpha value is -2.61. The second kappa shape index (κ2) is 4.28. The number of pyridine rings is 1. The van der Waals surface area contributed by atoms with Crippen LogP contribution in [0.1, 0.15) is 10.4 Å². The van der Waals surface area contributed by atoms with Crippen LogP contribution >= 0.6 is 0 Å². The Kier molecular flexibility index (Phi) is 2.65. The van der Waals surface area contributed by atoms with E-state index in [2.05, 4.69) is 10.3 Å². The Balaban J connectivity index is 2.34. The first-order valence-electron chi connectivity index (χ1n) is 4.59. The van der Waals surface area contributed by atoms with Gasteiger partial charge in [0.05, 0.1) is 17.4 Å². The number of nitrogens with zero attached hydrogens (tertiary/aromatic N) is 3. The summed E-state index contributed by atoms with van der Waals surface area (Å²) >= 11 is 0. The molecule has 78 valence electrons. The lowest BCUT2D eigenvalue weighted by Crippen LogP contribution is -2.17. The molecule has 0 unspecified atom stereocenters. The van der Waals surface area contributed by atoms with Gasteiger partial charge in [-0.05, 0) is 18.2 Å². The number of hydrogen-bond acceptors (Lipinski definition) is 3. The summed E-state index contributed by atoms with van der Waals surface area (Å²) in [5, 5.41) is 10.4. The van der Waals surface area contributed by atoms with Gasteiger partial charge in [-0.25, -0.2) is 0 Å². The summed E-state index contributed by atoms with van der Waals surface area (Å²) in [4.78, 5) is 15.3. The van der Waals surface area contributed by atoms with Crippen molar-refractivity contribution < 1.29 is 4.79 Å². The number of carbonyl (C=O) groups is 1. The summed E-state index contributed by atoms with van der Waals surface area (Å²) in [6, 6.07) is 5.42. The topological polar surface area (TPSA) is 70.7 Å². The van der Waals surface area contributed by atoms with E-state index in [1.165, 1.54) is 6.20 Å². The number of hydrogen-bond donors (Lipinski definition) is 1. The quantitative estimate of drug-likeness (QED) is 0.598. The second-order valence-electron chi connectivity index (χ2n) is 3.09. The number of amides is 1. The highest BCUT2D eigenvalue weighted by atomic mass is 16.1. The number of nitrogens with one attached hydrogen (secondary N) is 1. The zero-order valence-corrected chi connectivity index (χ0v) is 8.29. The third kappa shape index (κ3) is 1.91. The lowest BCUT2D eigenvalue weighted by molar-refractivity contribution is 0.0972. The fourth-order valence-corrected chi connectivity index (χ4v) is 1.32. The molecule has 2 aromatic heterocycles. The summed E-state index contributed by atoms with van der Waals surface area (Å²) in [6.45, 7) is 0. The van der Waals surface area contributed by atoms with Crippen molar-refractivity contribution in [3.05, 3.63) is 48.5 Å². The van der Waals surface area contributed by atoms with Crippen LogP contribution in [-0.2, 0) is 0 Å². The molecule has 1 N–H and O–H groups in total. The van der Waals surface area contributed by atoms with E-state index in [0.717, 1.165) is 5.69 Å². The molecule has 2 heterocycles. The van der Waals surface area contributed by atoms with Crippen molar-refractivity contribution in [3.8, 4) is 11.9 Å². The third-order valence-corrected chi connectivity index (χ3v) is 2.06. The van der Waals surface area contributed by atoms with Gasteiger partial charge in [-0.15, -0.1) is 0 Å². The van der Waals surface area contributed by atoms with Gasteiger partial charge in [0, 0.05) is 18.6 Å². The number of aromatic nitrogens is 2.